The Morgan fingerprint density at radius 2 is 1.66 bits per heavy atom. The van der Waals surface area contributed by atoms with Gasteiger partial charge in [-0.3, -0.25) is 23.5 Å². The van der Waals surface area contributed by atoms with E-state index in [-0.39, 0.29) is 31.0 Å². The standard InChI is InChI=1S/C33H36N4O7/c1-42-28-14-11-22(18-29(28)43-2)15-16-34-31(39)24-12-9-23(10-13-24)20-37-32(40)26-7-3-4-8-27(26)36(33(37)41)21-30(38)35-19-25-6-5-17-44-25/h3-4,7-14,18,25H,5-6,15-17,19-21H2,1-2H3,(H,34,39)(H,35,38). The third kappa shape index (κ3) is 7.00. The second kappa shape index (κ2) is 14.0. The molecule has 44 heavy (non-hydrogen) atoms. The van der Waals surface area contributed by atoms with E-state index in [1.54, 1.807) is 62.8 Å². The van der Waals surface area contributed by atoms with Crippen molar-refractivity contribution in [1.29, 1.82) is 0 Å². The van der Waals surface area contributed by atoms with Crippen molar-refractivity contribution >= 4 is 22.7 Å². The van der Waals surface area contributed by atoms with Crippen LogP contribution in [0.1, 0.15) is 34.3 Å². The summed E-state index contributed by atoms with van der Waals surface area (Å²) in [5.74, 6) is 0.693. The maximum atomic E-state index is 13.5. The second-order valence-electron chi connectivity index (χ2n) is 10.6. The van der Waals surface area contributed by atoms with Gasteiger partial charge in [-0.25, -0.2) is 4.79 Å². The monoisotopic (exact) mass is 600 g/mol. The van der Waals surface area contributed by atoms with Crippen molar-refractivity contribution in [2.75, 3.05) is 33.9 Å². The van der Waals surface area contributed by atoms with Gasteiger partial charge in [0.05, 0.1) is 37.8 Å². The summed E-state index contributed by atoms with van der Waals surface area (Å²) in [5.41, 5.74) is 1.47. The fourth-order valence-electron chi connectivity index (χ4n) is 5.30. The first-order valence-electron chi connectivity index (χ1n) is 14.6. The fourth-order valence-corrected chi connectivity index (χ4v) is 5.30. The molecule has 0 aliphatic carbocycles. The number of benzene rings is 3. The minimum absolute atomic E-state index is 0.0127. The Labute approximate surface area is 254 Å². The van der Waals surface area contributed by atoms with Gasteiger partial charge in [0.2, 0.25) is 5.91 Å². The van der Waals surface area contributed by atoms with Crippen molar-refractivity contribution < 1.29 is 23.8 Å². The highest BCUT2D eigenvalue weighted by molar-refractivity contribution is 5.94. The number of nitrogens with zero attached hydrogens (tertiary/aromatic N) is 2. The highest BCUT2D eigenvalue weighted by Crippen LogP contribution is 2.27. The van der Waals surface area contributed by atoms with E-state index in [9.17, 15) is 19.2 Å². The Hall–Kier alpha value is -4.90. The number of carbonyl (C=O) groups is 2. The van der Waals surface area contributed by atoms with E-state index in [1.807, 2.05) is 18.2 Å². The number of aromatic nitrogens is 2. The van der Waals surface area contributed by atoms with Crippen LogP contribution in [0.25, 0.3) is 10.9 Å². The van der Waals surface area contributed by atoms with Crippen molar-refractivity contribution in [2.24, 2.45) is 0 Å². The number of rotatable bonds is 12. The molecule has 0 spiro atoms. The predicted molar refractivity (Wildman–Crippen MR) is 166 cm³/mol. The molecule has 1 unspecified atom stereocenters. The molecule has 0 bridgehead atoms. The maximum absolute atomic E-state index is 13.5. The summed E-state index contributed by atoms with van der Waals surface area (Å²) in [6.45, 7) is 1.24. The fraction of sp³-hybridized carbons (Fsp3) is 0.333. The molecule has 3 aromatic carbocycles. The number of ether oxygens (including phenoxy) is 3. The van der Waals surface area contributed by atoms with E-state index in [4.69, 9.17) is 14.2 Å². The van der Waals surface area contributed by atoms with Crippen LogP contribution < -0.4 is 31.4 Å². The molecule has 1 aromatic heterocycles. The maximum Gasteiger partial charge on any atom is 0.332 e. The Bertz CT molecular complexity index is 1760. The van der Waals surface area contributed by atoms with E-state index in [2.05, 4.69) is 10.6 Å². The quantitative estimate of drug-likeness (QED) is 0.256. The van der Waals surface area contributed by atoms with Gasteiger partial charge in [0, 0.05) is 25.3 Å². The highest BCUT2D eigenvalue weighted by Gasteiger charge is 2.19. The largest absolute Gasteiger partial charge is 0.493 e. The number of hydrogen-bond donors (Lipinski definition) is 2. The second-order valence-corrected chi connectivity index (χ2v) is 10.6. The Balaban J connectivity index is 1.26. The predicted octanol–water partition coefficient (Wildman–Crippen LogP) is 2.50. The molecule has 1 atom stereocenters. The van der Waals surface area contributed by atoms with Crippen LogP contribution in [0.15, 0.2) is 76.3 Å². The summed E-state index contributed by atoms with van der Waals surface area (Å²) in [4.78, 5) is 52.4. The smallest absolute Gasteiger partial charge is 0.332 e. The first-order valence-corrected chi connectivity index (χ1v) is 14.6. The summed E-state index contributed by atoms with van der Waals surface area (Å²) in [6.07, 6.45) is 2.42. The van der Waals surface area contributed by atoms with E-state index in [0.717, 1.165) is 23.0 Å². The first-order chi connectivity index (χ1) is 21.4. The van der Waals surface area contributed by atoms with Crippen LogP contribution in [0, 0.1) is 0 Å². The summed E-state index contributed by atoms with van der Waals surface area (Å²) in [6, 6.07) is 19.1. The number of carbonyl (C=O) groups excluding carboxylic acids is 2. The van der Waals surface area contributed by atoms with Gasteiger partial charge >= 0.3 is 5.69 Å². The average molecular weight is 601 g/mol. The Morgan fingerprint density at radius 1 is 0.909 bits per heavy atom. The van der Waals surface area contributed by atoms with E-state index in [1.165, 1.54) is 4.57 Å². The molecular formula is C33H36N4O7. The molecule has 1 aliphatic heterocycles. The van der Waals surface area contributed by atoms with Crippen molar-refractivity contribution in [2.45, 2.75) is 38.5 Å². The van der Waals surface area contributed by atoms with Gasteiger partial charge in [-0.15, -0.1) is 0 Å². The number of nitrogens with one attached hydrogen (secondary N) is 2. The van der Waals surface area contributed by atoms with Crippen molar-refractivity contribution in [3.63, 3.8) is 0 Å². The Kier molecular flexibility index (Phi) is 9.75. The van der Waals surface area contributed by atoms with Crippen LogP contribution in [-0.2, 0) is 29.0 Å². The van der Waals surface area contributed by atoms with E-state index >= 15 is 0 Å². The van der Waals surface area contributed by atoms with E-state index < -0.39 is 11.2 Å². The van der Waals surface area contributed by atoms with Gasteiger partial charge in [-0.2, -0.15) is 0 Å². The molecule has 2 amide bonds. The number of amides is 2. The SMILES string of the molecule is COc1ccc(CCNC(=O)c2ccc(Cn3c(=O)c4ccccc4n(CC(=O)NCC4CCCO4)c3=O)cc2)cc1OC. The summed E-state index contributed by atoms with van der Waals surface area (Å²) in [7, 11) is 3.15. The lowest BCUT2D eigenvalue weighted by atomic mass is 10.1. The normalized spacial score (nSPS) is 14.4. The van der Waals surface area contributed by atoms with Crippen LogP contribution in [-0.4, -0.2) is 61.0 Å². The van der Waals surface area contributed by atoms with Crippen molar-refractivity contribution in [3.05, 3.63) is 104 Å². The summed E-state index contributed by atoms with van der Waals surface area (Å²) >= 11 is 0. The van der Waals surface area contributed by atoms with Crippen LogP contribution in [0.4, 0.5) is 0 Å². The minimum atomic E-state index is -0.585. The molecule has 1 aliphatic rings. The lowest BCUT2D eigenvalue weighted by Crippen LogP contribution is -2.43. The third-order valence-electron chi connectivity index (χ3n) is 7.69. The molecule has 5 rings (SSSR count). The third-order valence-corrected chi connectivity index (χ3v) is 7.69. The summed E-state index contributed by atoms with van der Waals surface area (Å²) < 4.78 is 18.6. The van der Waals surface area contributed by atoms with Gasteiger partial charge in [0.25, 0.3) is 11.5 Å². The van der Waals surface area contributed by atoms with Gasteiger partial charge < -0.3 is 24.8 Å². The van der Waals surface area contributed by atoms with Gasteiger partial charge in [0.15, 0.2) is 11.5 Å². The highest BCUT2D eigenvalue weighted by atomic mass is 16.5. The van der Waals surface area contributed by atoms with Crippen LogP contribution in [0.3, 0.4) is 0 Å². The minimum Gasteiger partial charge on any atom is -0.493 e. The zero-order valence-corrected chi connectivity index (χ0v) is 24.8. The average Bonchev–Trinajstić information content (AvgIpc) is 3.58. The number of hydrogen-bond acceptors (Lipinski definition) is 7. The number of fused-ring (bicyclic) bond motifs is 1. The molecule has 0 radical (unpaired) electrons. The number of para-hydroxylation sites is 1. The lowest BCUT2D eigenvalue weighted by Gasteiger charge is -2.15. The zero-order valence-electron chi connectivity index (χ0n) is 24.8. The van der Waals surface area contributed by atoms with Gasteiger partial charge in [0.1, 0.15) is 6.54 Å². The molecule has 4 aromatic rings. The molecule has 0 saturated carbocycles. The number of methoxy groups -OCH3 is 2. The molecule has 11 heteroatoms. The van der Waals surface area contributed by atoms with Crippen LogP contribution in [0.2, 0.25) is 0 Å². The van der Waals surface area contributed by atoms with E-state index in [0.29, 0.717) is 59.6 Å². The molecule has 11 nitrogen and oxygen atoms in total. The molecular weight excluding hydrogens is 564 g/mol. The first kappa shape index (κ1) is 30.6. The molecule has 2 N–H and O–H groups in total. The van der Waals surface area contributed by atoms with Crippen LogP contribution >= 0.6 is 0 Å². The van der Waals surface area contributed by atoms with Gasteiger partial charge in [-0.05, 0) is 66.8 Å². The van der Waals surface area contributed by atoms with Gasteiger partial charge in [-0.1, -0.05) is 30.3 Å². The molecule has 1 saturated heterocycles. The van der Waals surface area contributed by atoms with Crippen molar-refractivity contribution in [1.82, 2.24) is 19.8 Å². The van der Waals surface area contributed by atoms with Crippen LogP contribution in [0.5, 0.6) is 11.5 Å². The molecule has 230 valence electrons. The molecule has 1 fully saturated rings. The van der Waals surface area contributed by atoms with Crippen molar-refractivity contribution in [3.8, 4) is 11.5 Å². The zero-order chi connectivity index (χ0) is 31.1. The lowest BCUT2D eigenvalue weighted by molar-refractivity contribution is -0.122. The summed E-state index contributed by atoms with van der Waals surface area (Å²) in [5, 5.41) is 6.09. The molecule has 2 heterocycles. The topological polar surface area (TPSA) is 130 Å². The Morgan fingerprint density at radius 3 is 2.39 bits per heavy atom.